The molecule has 1 heterocycles. The Balaban J connectivity index is 1.72. The minimum atomic E-state index is -0.0836. The first-order chi connectivity index (χ1) is 13.0. The fraction of sp³-hybridized carbons (Fsp3) is 0.364. The molecule has 27 heavy (non-hydrogen) atoms. The highest BCUT2D eigenvalue weighted by molar-refractivity contribution is 5.94. The summed E-state index contributed by atoms with van der Waals surface area (Å²) in [5.74, 6) is 0.114. The van der Waals surface area contributed by atoms with Crippen molar-refractivity contribution in [3.05, 3.63) is 71.3 Å². The van der Waals surface area contributed by atoms with Crippen LogP contribution in [0.1, 0.15) is 40.4 Å². The second-order valence-corrected chi connectivity index (χ2v) is 7.47. The fourth-order valence-electron chi connectivity index (χ4n) is 3.49. The van der Waals surface area contributed by atoms with E-state index in [1.54, 1.807) is 0 Å². The molecule has 0 radical (unpaired) electrons. The first-order valence-corrected chi connectivity index (χ1v) is 9.54. The highest BCUT2D eigenvalue weighted by atomic mass is 16.2. The first kappa shape index (κ1) is 19.1. The lowest BCUT2D eigenvalue weighted by Gasteiger charge is -2.21. The number of hydrogen-bond acceptors (Lipinski definition) is 2. The molecule has 0 aromatic heterocycles. The van der Waals surface area contributed by atoms with Crippen LogP contribution in [0.2, 0.25) is 0 Å². The van der Waals surface area contributed by atoms with Crippen LogP contribution in [0.25, 0.3) is 0 Å². The number of nitrogens with one attached hydrogen (secondary N) is 2. The van der Waals surface area contributed by atoms with Gasteiger partial charge in [-0.15, -0.1) is 0 Å². The minimum Gasteiger partial charge on any atom is -0.340 e. The van der Waals surface area contributed by atoms with Crippen LogP contribution in [-0.4, -0.2) is 43.9 Å². The van der Waals surface area contributed by atoms with Crippen molar-refractivity contribution < 1.29 is 14.5 Å². The second kappa shape index (κ2) is 8.82. The van der Waals surface area contributed by atoms with E-state index in [1.165, 1.54) is 4.90 Å². The number of carbonyl (C=O) groups excluding carboxylic acids is 2. The summed E-state index contributed by atoms with van der Waals surface area (Å²) in [5, 5.41) is 3.17. The molecule has 5 nitrogen and oxygen atoms in total. The SMILES string of the molecule is C[NH+](C)C[C@H](NC(=O)c1cccc(CN2CCCC2=O)c1)c1ccccc1. The van der Waals surface area contributed by atoms with E-state index < -0.39 is 0 Å². The number of hydrogen-bond donors (Lipinski definition) is 2. The van der Waals surface area contributed by atoms with Crippen LogP contribution in [0.5, 0.6) is 0 Å². The van der Waals surface area contributed by atoms with Crippen molar-refractivity contribution in [2.24, 2.45) is 0 Å². The van der Waals surface area contributed by atoms with Gasteiger partial charge in [-0.1, -0.05) is 42.5 Å². The zero-order chi connectivity index (χ0) is 19.2. The van der Waals surface area contributed by atoms with Gasteiger partial charge in [0, 0.05) is 25.1 Å². The molecule has 2 aromatic rings. The van der Waals surface area contributed by atoms with Gasteiger partial charge in [0.2, 0.25) is 5.91 Å². The zero-order valence-corrected chi connectivity index (χ0v) is 16.1. The molecule has 0 spiro atoms. The number of quaternary nitrogens is 1. The summed E-state index contributed by atoms with van der Waals surface area (Å²) in [7, 11) is 4.16. The predicted octanol–water partition coefficient (Wildman–Crippen LogP) is 1.42. The molecular weight excluding hydrogens is 338 g/mol. The molecule has 142 valence electrons. The van der Waals surface area contributed by atoms with Crippen molar-refractivity contribution in [1.29, 1.82) is 0 Å². The van der Waals surface area contributed by atoms with Crippen LogP contribution in [0.15, 0.2) is 54.6 Å². The van der Waals surface area contributed by atoms with Crippen molar-refractivity contribution in [3.8, 4) is 0 Å². The molecule has 0 aliphatic carbocycles. The molecule has 1 aliphatic heterocycles. The van der Waals surface area contributed by atoms with Gasteiger partial charge in [0.1, 0.15) is 12.6 Å². The van der Waals surface area contributed by atoms with Gasteiger partial charge in [-0.05, 0) is 29.7 Å². The van der Waals surface area contributed by atoms with E-state index in [2.05, 4.69) is 19.4 Å². The lowest BCUT2D eigenvalue weighted by atomic mass is 10.0. The number of nitrogens with zero attached hydrogens (tertiary/aromatic N) is 1. The van der Waals surface area contributed by atoms with Gasteiger partial charge in [0.15, 0.2) is 0 Å². The van der Waals surface area contributed by atoms with Gasteiger partial charge in [0.25, 0.3) is 5.91 Å². The first-order valence-electron chi connectivity index (χ1n) is 9.54. The Bertz CT molecular complexity index is 789. The van der Waals surface area contributed by atoms with Gasteiger partial charge in [-0.25, -0.2) is 0 Å². The molecule has 2 amide bonds. The summed E-state index contributed by atoms with van der Waals surface area (Å²) >= 11 is 0. The molecule has 1 atom stereocenters. The summed E-state index contributed by atoms with van der Waals surface area (Å²) in [6.07, 6.45) is 1.55. The Labute approximate surface area is 161 Å². The van der Waals surface area contributed by atoms with Crippen LogP contribution >= 0.6 is 0 Å². The molecule has 1 saturated heterocycles. The maximum Gasteiger partial charge on any atom is 0.251 e. The summed E-state index contributed by atoms with van der Waals surface area (Å²) in [4.78, 5) is 27.8. The maximum absolute atomic E-state index is 12.9. The Morgan fingerprint density at radius 2 is 1.93 bits per heavy atom. The number of likely N-dealkylation sites (tertiary alicyclic amines) is 1. The Kier molecular flexibility index (Phi) is 6.24. The largest absolute Gasteiger partial charge is 0.340 e. The van der Waals surface area contributed by atoms with Crippen LogP contribution in [0, 0.1) is 0 Å². The number of amides is 2. The van der Waals surface area contributed by atoms with Crippen LogP contribution in [-0.2, 0) is 11.3 Å². The standard InChI is InChI=1S/C22H27N3O2/c1-24(2)16-20(18-9-4-3-5-10-18)23-22(27)19-11-6-8-17(14-19)15-25-13-7-12-21(25)26/h3-6,8-11,14,20H,7,12-13,15-16H2,1-2H3,(H,23,27)/p+1/t20-/m0/s1. The monoisotopic (exact) mass is 366 g/mol. The summed E-state index contributed by atoms with van der Waals surface area (Å²) in [6, 6.07) is 17.6. The van der Waals surface area contributed by atoms with Crippen molar-refractivity contribution in [1.82, 2.24) is 10.2 Å². The third-order valence-electron chi connectivity index (χ3n) is 4.85. The van der Waals surface area contributed by atoms with Crippen molar-refractivity contribution in [2.75, 3.05) is 27.2 Å². The van der Waals surface area contributed by atoms with E-state index in [-0.39, 0.29) is 17.9 Å². The molecule has 3 rings (SSSR count). The van der Waals surface area contributed by atoms with E-state index in [0.29, 0.717) is 18.5 Å². The average molecular weight is 366 g/mol. The molecule has 0 saturated carbocycles. The molecule has 2 N–H and O–H groups in total. The van der Waals surface area contributed by atoms with Crippen molar-refractivity contribution >= 4 is 11.8 Å². The maximum atomic E-state index is 12.9. The van der Waals surface area contributed by atoms with E-state index in [0.717, 1.165) is 30.6 Å². The van der Waals surface area contributed by atoms with E-state index in [1.807, 2.05) is 59.5 Å². The summed E-state index contributed by atoms with van der Waals surface area (Å²) < 4.78 is 0. The second-order valence-electron chi connectivity index (χ2n) is 7.47. The number of likely N-dealkylation sites (N-methyl/N-ethyl adjacent to an activating group) is 1. The smallest absolute Gasteiger partial charge is 0.251 e. The van der Waals surface area contributed by atoms with Crippen molar-refractivity contribution in [3.63, 3.8) is 0 Å². The van der Waals surface area contributed by atoms with Crippen molar-refractivity contribution in [2.45, 2.75) is 25.4 Å². The fourth-order valence-corrected chi connectivity index (χ4v) is 3.49. The Morgan fingerprint density at radius 3 is 2.59 bits per heavy atom. The minimum absolute atomic E-state index is 0.0486. The van der Waals surface area contributed by atoms with Gasteiger partial charge in [-0.2, -0.15) is 0 Å². The van der Waals surface area contributed by atoms with Crippen LogP contribution in [0.3, 0.4) is 0 Å². The van der Waals surface area contributed by atoms with Gasteiger partial charge in [0.05, 0.1) is 14.1 Å². The topological polar surface area (TPSA) is 53.9 Å². The Morgan fingerprint density at radius 1 is 1.15 bits per heavy atom. The zero-order valence-electron chi connectivity index (χ0n) is 16.1. The number of benzene rings is 2. The van der Waals surface area contributed by atoms with Gasteiger partial charge < -0.3 is 15.1 Å². The van der Waals surface area contributed by atoms with Crippen LogP contribution < -0.4 is 10.2 Å². The van der Waals surface area contributed by atoms with Gasteiger partial charge in [-0.3, -0.25) is 9.59 Å². The molecule has 1 fully saturated rings. The molecule has 1 aliphatic rings. The lowest BCUT2D eigenvalue weighted by molar-refractivity contribution is -0.860. The lowest BCUT2D eigenvalue weighted by Crippen LogP contribution is -3.06. The third kappa shape index (κ3) is 5.17. The molecular formula is C22H28N3O2+. The highest BCUT2D eigenvalue weighted by Gasteiger charge is 2.21. The van der Waals surface area contributed by atoms with Crippen LogP contribution in [0.4, 0.5) is 0 Å². The molecule has 0 unspecified atom stereocenters. The summed E-state index contributed by atoms with van der Waals surface area (Å²) in [5.41, 5.74) is 2.73. The van der Waals surface area contributed by atoms with E-state index in [4.69, 9.17) is 0 Å². The molecule has 5 heteroatoms. The van der Waals surface area contributed by atoms with Gasteiger partial charge >= 0.3 is 0 Å². The predicted molar refractivity (Wildman–Crippen MR) is 105 cm³/mol. The Hall–Kier alpha value is -2.66. The number of rotatable bonds is 7. The highest BCUT2D eigenvalue weighted by Crippen LogP contribution is 2.16. The molecule has 2 aromatic carbocycles. The quantitative estimate of drug-likeness (QED) is 0.779. The third-order valence-corrected chi connectivity index (χ3v) is 4.85. The van der Waals surface area contributed by atoms with E-state index in [9.17, 15) is 9.59 Å². The normalized spacial score (nSPS) is 15.2. The number of carbonyl (C=O) groups is 2. The van der Waals surface area contributed by atoms with E-state index >= 15 is 0 Å². The average Bonchev–Trinajstić information content (AvgIpc) is 3.06. The summed E-state index contributed by atoms with van der Waals surface area (Å²) in [6.45, 7) is 2.18. The molecule has 0 bridgehead atoms.